The lowest BCUT2D eigenvalue weighted by Gasteiger charge is -2.24. The van der Waals surface area contributed by atoms with E-state index >= 15 is 0 Å². The van der Waals surface area contributed by atoms with Crippen LogP contribution in [0.3, 0.4) is 0 Å². The summed E-state index contributed by atoms with van der Waals surface area (Å²) in [4.78, 5) is 31.0. The van der Waals surface area contributed by atoms with Gasteiger partial charge in [-0.15, -0.1) is 11.3 Å². The van der Waals surface area contributed by atoms with Gasteiger partial charge in [-0.3, -0.25) is 4.79 Å². The predicted octanol–water partition coefficient (Wildman–Crippen LogP) is 6.72. The molecule has 4 aromatic rings. The number of rotatable bonds is 7. The number of likely N-dealkylation sites (tertiary alicyclic amines) is 1. The summed E-state index contributed by atoms with van der Waals surface area (Å²) in [5, 5.41) is 5.88. The number of pyridine rings is 1. The molecule has 5 rings (SSSR count). The summed E-state index contributed by atoms with van der Waals surface area (Å²) in [7, 11) is 0. The lowest BCUT2D eigenvalue weighted by molar-refractivity contribution is -0.116. The molecular formula is C32H34N4O4S. The van der Waals surface area contributed by atoms with Crippen LogP contribution in [0.25, 0.3) is 27.3 Å². The molecule has 2 aromatic heterocycles. The highest BCUT2D eigenvalue weighted by molar-refractivity contribution is 7.18. The molecule has 0 aliphatic carbocycles. The van der Waals surface area contributed by atoms with Crippen molar-refractivity contribution in [1.82, 2.24) is 15.2 Å². The van der Waals surface area contributed by atoms with Crippen LogP contribution in [0.1, 0.15) is 32.8 Å². The van der Waals surface area contributed by atoms with Crippen LogP contribution in [0, 0.1) is 5.92 Å². The van der Waals surface area contributed by atoms with Crippen molar-refractivity contribution >= 4 is 45.3 Å². The van der Waals surface area contributed by atoms with Gasteiger partial charge in [0, 0.05) is 53.1 Å². The van der Waals surface area contributed by atoms with E-state index in [4.69, 9.17) is 15.2 Å². The maximum absolute atomic E-state index is 12.6. The van der Waals surface area contributed by atoms with Gasteiger partial charge in [-0.2, -0.15) is 0 Å². The smallest absolute Gasteiger partial charge is 0.410 e. The number of nitrogens with zero attached hydrogens (tertiary/aromatic N) is 2. The number of hydrogen-bond acceptors (Lipinski definition) is 7. The van der Waals surface area contributed by atoms with Crippen molar-refractivity contribution in [3.8, 4) is 22.6 Å². The second-order valence-electron chi connectivity index (χ2n) is 11.1. The van der Waals surface area contributed by atoms with Crippen molar-refractivity contribution < 1.29 is 19.1 Å². The van der Waals surface area contributed by atoms with E-state index in [0.29, 0.717) is 25.5 Å². The summed E-state index contributed by atoms with van der Waals surface area (Å²) in [6.07, 6.45) is 5.49. The molecule has 1 aliphatic heterocycles. The number of para-hydroxylation sites is 1. The lowest BCUT2D eigenvalue weighted by atomic mass is 10.0. The maximum Gasteiger partial charge on any atom is 0.410 e. The van der Waals surface area contributed by atoms with E-state index in [1.54, 1.807) is 28.5 Å². The third-order valence-corrected chi connectivity index (χ3v) is 7.74. The SMILES string of the molecule is CC(C)(C)OC(=O)N1CC[C@@H](CNC(=O)/C=C/c2cnc(N)c3c(-c4ccc(Oc5ccccc5)cc4)csc23)C1. The highest BCUT2D eigenvalue weighted by Crippen LogP contribution is 2.39. The standard InChI is InChI=1S/C32H34N4O4S/c1-32(2,3)40-31(38)36-16-15-21(19-36)17-34-27(37)14-11-23-18-35-30(33)28-26(20-41-29(23)28)22-9-12-25(13-10-22)39-24-7-5-4-6-8-24/h4-14,18,20-21H,15-17,19H2,1-3H3,(H2,33,35)(H,34,37)/b14-11+/t21-/m0/s1. The third-order valence-electron chi connectivity index (χ3n) is 6.71. The molecule has 41 heavy (non-hydrogen) atoms. The summed E-state index contributed by atoms with van der Waals surface area (Å²) < 4.78 is 12.3. The quantitative estimate of drug-likeness (QED) is 0.239. The minimum Gasteiger partial charge on any atom is -0.457 e. The normalized spacial score (nSPS) is 15.4. The molecule has 1 aliphatic rings. The molecule has 3 heterocycles. The van der Waals surface area contributed by atoms with Gasteiger partial charge in [0.05, 0.1) is 0 Å². The number of nitrogens with one attached hydrogen (secondary N) is 1. The second-order valence-corrected chi connectivity index (χ2v) is 11.9. The molecule has 0 radical (unpaired) electrons. The molecule has 1 saturated heterocycles. The first-order chi connectivity index (χ1) is 19.7. The van der Waals surface area contributed by atoms with Gasteiger partial charge in [0.25, 0.3) is 0 Å². The van der Waals surface area contributed by atoms with Gasteiger partial charge in [-0.25, -0.2) is 9.78 Å². The molecule has 1 fully saturated rings. The Hall–Kier alpha value is -4.37. The number of thiophene rings is 1. The summed E-state index contributed by atoms with van der Waals surface area (Å²) in [5.41, 5.74) is 8.59. The molecule has 2 aromatic carbocycles. The van der Waals surface area contributed by atoms with E-state index in [2.05, 4.69) is 15.7 Å². The largest absolute Gasteiger partial charge is 0.457 e. The van der Waals surface area contributed by atoms with Crippen LogP contribution in [0.15, 0.2) is 72.3 Å². The van der Waals surface area contributed by atoms with Crippen molar-refractivity contribution in [2.45, 2.75) is 32.8 Å². The van der Waals surface area contributed by atoms with Gasteiger partial charge in [-0.05, 0) is 74.4 Å². The summed E-state index contributed by atoms with van der Waals surface area (Å²) in [6, 6.07) is 17.5. The van der Waals surface area contributed by atoms with Crippen LogP contribution < -0.4 is 15.8 Å². The molecule has 3 N–H and O–H groups in total. The van der Waals surface area contributed by atoms with Gasteiger partial charge < -0.3 is 25.4 Å². The van der Waals surface area contributed by atoms with E-state index < -0.39 is 5.60 Å². The van der Waals surface area contributed by atoms with Crippen molar-refractivity contribution in [3.63, 3.8) is 0 Å². The van der Waals surface area contributed by atoms with E-state index in [0.717, 1.165) is 44.7 Å². The number of benzene rings is 2. The number of nitrogen functional groups attached to an aromatic ring is 1. The number of hydrogen-bond donors (Lipinski definition) is 2. The van der Waals surface area contributed by atoms with Crippen LogP contribution >= 0.6 is 11.3 Å². The molecule has 8 nitrogen and oxygen atoms in total. The number of carbonyl (C=O) groups is 2. The number of anilines is 1. The number of nitrogens with two attached hydrogens (primary N) is 1. The summed E-state index contributed by atoms with van der Waals surface area (Å²) >= 11 is 1.56. The average Bonchev–Trinajstić information content (AvgIpc) is 3.60. The van der Waals surface area contributed by atoms with Crippen LogP contribution in [0.4, 0.5) is 10.6 Å². The van der Waals surface area contributed by atoms with Crippen LogP contribution in [0.5, 0.6) is 11.5 Å². The summed E-state index contributed by atoms with van der Waals surface area (Å²) in [5.74, 6) is 1.96. The van der Waals surface area contributed by atoms with E-state index in [1.165, 1.54) is 6.08 Å². The average molecular weight is 571 g/mol. The topological polar surface area (TPSA) is 107 Å². The number of carbonyl (C=O) groups excluding carboxylic acids is 2. The molecule has 2 amide bonds. The van der Waals surface area contributed by atoms with Crippen molar-refractivity contribution in [1.29, 1.82) is 0 Å². The molecule has 0 spiro atoms. The zero-order chi connectivity index (χ0) is 29.0. The van der Waals surface area contributed by atoms with Crippen molar-refractivity contribution in [2.24, 2.45) is 5.92 Å². The van der Waals surface area contributed by atoms with E-state index in [1.807, 2.05) is 75.4 Å². The number of amides is 2. The Labute approximate surface area is 243 Å². The Kier molecular flexibility index (Phi) is 8.26. The number of ether oxygens (including phenoxy) is 2. The fourth-order valence-electron chi connectivity index (χ4n) is 4.71. The van der Waals surface area contributed by atoms with Gasteiger partial charge in [0.15, 0.2) is 0 Å². The molecule has 1 atom stereocenters. The Bertz CT molecular complexity index is 1560. The van der Waals surface area contributed by atoms with Crippen LogP contribution in [0.2, 0.25) is 0 Å². The predicted molar refractivity (Wildman–Crippen MR) is 164 cm³/mol. The Balaban J connectivity index is 1.22. The first kappa shape index (κ1) is 28.2. The Morgan fingerprint density at radius 3 is 2.59 bits per heavy atom. The van der Waals surface area contributed by atoms with Crippen LogP contribution in [-0.4, -0.2) is 47.1 Å². The monoisotopic (exact) mass is 570 g/mol. The van der Waals surface area contributed by atoms with Crippen molar-refractivity contribution in [3.05, 3.63) is 77.8 Å². The van der Waals surface area contributed by atoms with Gasteiger partial charge in [-0.1, -0.05) is 30.3 Å². The summed E-state index contributed by atoms with van der Waals surface area (Å²) in [6.45, 7) is 7.25. The second kappa shape index (κ2) is 12.0. The van der Waals surface area contributed by atoms with E-state index in [-0.39, 0.29) is 17.9 Å². The highest BCUT2D eigenvalue weighted by atomic mass is 32.1. The minimum absolute atomic E-state index is 0.189. The number of fused-ring (bicyclic) bond motifs is 1. The molecule has 0 saturated carbocycles. The highest BCUT2D eigenvalue weighted by Gasteiger charge is 2.29. The Morgan fingerprint density at radius 1 is 1.12 bits per heavy atom. The number of aromatic nitrogens is 1. The first-order valence-electron chi connectivity index (χ1n) is 13.6. The van der Waals surface area contributed by atoms with Gasteiger partial charge >= 0.3 is 6.09 Å². The molecule has 0 bridgehead atoms. The zero-order valence-corrected chi connectivity index (χ0v) is 24.2. The third kappa shape index (κ3) is 7.05. The van der Waals surface area contributed by atoms with E-state index in [9.17, 15) is 9.59 Å². The Morgan fingerprint density at radius 2 is 1.85 bits per heavy atom. The molecular weight excluding hydrogens is 536 g/mol. The molecule has 9 heteroatoms. The fraction of sp³-hybridized carbons (Fsp3) is 0.281. The maximum atomic E-state index is 12.6. The molecule has 212 valence electrons. The lowest BCUT2D eigenvalue weighted by Crippen LogP contribution is -2.36. The zero-order valence-electron chi connectivity index (χ0n) is 23.4. The van der Waals surface area contributed by atoms with Gasteiger partial charge in [0.2, 0.25) is 5.91 Å². The van der Waals surface area contributed by atoms with Crippen molar-refractivity contribution in [2.75, 3.05) is 25.4 Å². The minimum atomic E-state index is -0.526. The fourth-order valence-corrected chi connectivity index (χ4v) is 5.78. The van der Waals surface area contributed by atoms with Crippen LogP contribution in [-0.2, 0) is 9.53 Å². The first-order valence-corrected chi connectivity index (χ1v) is 14.5. The van der Waals surface area contributed by atoms with Gasteiger partial charge in [0.1, 0.15) is 22.9 Å². The molecule has 0 unspecified atom stereocenters.